The molecule has 0 heterocycles. The van der Waals surface area contributed by atoms with Gasteiger partial charge in [0.05, 0.1) is 0 Å². The fourth-order valence-corrected chi connectivity index (χ4v) is 0. The van der Waals surface area contributed by atoms with Crippen LogP contribution in [0, 0.1) is 0 Å². The molecular weight excluding hydrogens is 207 g/mol. The van der Waals surface area contributed by atoms with Gasteiger partial charge in [0.25, 0.3) is 0 Å². The first-order valence-corrected chi connectivity index (χ1v) is 0. The fourth-order valence-electron chi connectivity index (χ4n) is 0. The Morgan fingerprint density at radius 3 is 0.800 bits per heavy atom. The van der Waals surface area contributed by atoms with Crippen molar-refractivity contribution in [3.63, 3.8) is 0 Å². The monoisotopic (exact) mass is 218 g/mol. The summed E-state index contributed by atoms with van der Waals surface area (Å²) in [5.74, 6) is 0. The molecule has 0 unspecified atom stereocenters. The van der Waals surface area contributed by atoms with Crippen LogP contribution < -0.4 is 0 Å². The number of hydrogen-bond acceptors (Lipinski definition) is 0. The van der Waals surface area contributed by atoms with Gasteiger partial charge in [-0.15, -0.1) is 0 Å². The van der Waals surface area contributed by atoms with Crippen LogP contribution in [0.15, 0.2) is 0 Å². The molecule has 0 rings (SSSR count). The van der Waals surface area contributed by atoms with E-state index in [-0.39, 0.29) is 80.9 Å². The van der Waals surface area contributed by atoms with Gasteiger partial charge in [-0.05, 0) is 0 Å². The van der Waals surface area contributed by atoms with Crippen LogP contribution in [0.1, 0.15) is 2.85 Å². The molecule has 6 N–H and O–H groups in total. The fraction of sp³-hybridized carbons (Fsp3) is 0. The molecule has 0 aromatic heterocycles. The Balaban J connectivity index is 0. The van der Waals surface area contributed by atoms with Gasteiger partial charge in [0.1, 0.15) is 0 Å². The molecule has 0 aliphatic rings. The third-order valence-electron chi connectivity index (χ3n) is 0. The van der Waals surface area contributed by atoms with Gasteiger partial charge in [-0.2, -0.15) is 0 Å². The molecule has 0 amide bonds. The molecule has 5 heteroatoms. The van der Waals surface area contributed by atoms with Crippen molar-refractivity contribution < 1.29 is 19.3 Å². The topological polar surface area (TPSA) is 94.5 Å². The van der Waals surface area contributed by atoms with Crippen molar-refractivity contribution in [3.05, 3.63) is 0 Å². The molecule has 3 nitrogen and oxygen atoms in total. The maximum absolute atomic E-state index is 0. The predicted octanol–water partition coefficient (Wildman–Crippen LogP) is -3.55. The van der Waals surface area contributed by atoms with Gasteiger partial charge >= 0.3 is 61.6 Å². The summed E-state index contributed by atoms with van der Waals surface area (Å²) in [5.41, 5.74) is 0. The number of rotatable bonds is 0. The summed E-state index contributed by atoms with van der Waals surface area (Å²) in [6.45, 7) is 0. The molecule has 5 heavy (non-hydrogen) atoms. The van der Waals surface area contributed by atoms with E-state index in [2.05, 4.69) is 0 Å². The molecule has 0 bridgehead atoms. The van der Waals surface area contributed by atoms with Crippen LogP contribution in [0.2, 0.25) is 0 Å². The minimum atomic E-state index is 0. The van der Waals surface area contributed by atoms with Gasteiger partial charge < -0.3 is 19.3 Å². The van der Waals surface area contributed by atoms with E-state index in [0.717, 1.165) is 0 Å². The zero-order valence-electron chi connectivity index (χ0n) is 4.91. The van der Waals surface area contributed by atoms with Crippen LogP contribution in [-0.2, 0) is 0 Å². The average Bonchev–Trinajstić information content (AvgIpc) is 0. The van der Waals surface area contributed by atoms with E-state index in [1.165, 1.54) is 0 Å². The van der Waals surface area contributed by atoms with Crippen molar-refractivity contribution in [1.82, 2.24) is 0 Å². The van der Waals surface area contributed by atoms with Crippen LogP contribution in [0.5, 0.6) is 0 Å². The Labute approximate surface area is 80.0 Å². The van der Waals surface area contributed by atoms with E-state index in [0.29, 0.717) is 0 Å². The Hall–Kier alpha value is 1.94. The van der Waals surface area contributed by atoms with Gasteiger partial charge in [-0.1, -0.05) is 0 Å². The molecule has 0 fully saturated rings. The summed E-state index contributed by atoms with van der Waals surface area (Å²) >= 11 is 0. The molecule has 0 saturated heterocycles. The van der Waals surface area contributed by atoms with Crippen LogP contribution in [-0.4, -0.2) is 78.1 Å². The van der Waals surface area contributed by atoms with E-state index < -0.39 is 0 Å². The van der Waals surface area contributed by atoms with Crippen molar-refractivity contribution in [1.29, 1.82) is 0 Å². The van der Waals surface area contributed by atoms with Gasteiger partial charge in [0.2, 0.25) is 0 Å². The zero-order valence-corrected chi connectivity index (χ0v) is 9.16. The molecule has 0 spiro atoms. The van der Waals surface area contributed by atoms with Crippen molar-refractivity contribution in [2.75, 3.05) is 0 Å². The summed E-state index contributed by atoms with van der Waals surface area (Å²) in [4.78, 5) is 0. The first-order valence-electron chi connectivity index (χ1n) is 0. The van der Waals surface area contributed by atoms with Gasteiger partial charge in [-0.25, -0.2) is 0 Å². The summed E-state index contributed by atoms with van der Waals surface area (Å²) in [7, 11) is 0. The molecule has 0 aromatic rings. The second-order valence-electron chi connectivity index (χ2n) is 0. The maximum atomic E-state index is 0. The molecule has 0 saturated carbocycles. The standard InChI is InChI=1S/Ca.3H2O.Sn.4H/h;3*1H2;;;;;/q+2;;;;;;;2*-1. The van der Waals surface area contributed by atoms with E-state index in [9.17, 15) is 0 Å². The summed E-state index contributed by atoms with van der Waals surface area (Å²) < 4.78 is 0. The average molecular weight is 217 g/mol. The SMILES string of the molecule is O.O.O.[Ca+2].[H-].[H-].[SnH2]. The van der Waals surface area contributed by atoms with Crippen molar-refractivity contribution in [3.8, 4) is 0 Å². The second-order valence-corrected chi connectivity index (χ2v) is 0. The molecule has 2 radical (unpaired) electrons. The van der Waals surface area contributed by atoms with Gasteiger partial charge in [-0.3, -0.25) is 0 Å². The van der Waals surface area contributed by atoms with Crippen LogP contribution >= 0.6 is 0 Å². The molecule has 0 aliphatic heterocycles. The molecule has 34 valence electrons. The molecule has 0 aromatic carbocycles. The van der Waals surface area contributed by atoms with Gasteiger partial charge in [0.15, 0.2) is 0 Å². The Bertz CT molecular complexity index is 12.9. The summed E-state index contributed by atoms with van der Waals surface area (Å²) in [5, 5.41) is 0. The Morgan fingerprint density at radius 1 is 0.800 bits per heavy atom. The van der Waals surface area contributed by atoms with Crippen LogP contribution in [0.3, 0.4) is 0 Å². The summed E-state index contributed by atoms with van der Waals surface area (Å²) in [6, 6.07) is 0. The first kappa shape index (κ1) is 65.1. The van der Waals surface area contributed by atoms with Crippen molar-refractivity contribution in [2.24, 2.45) is 0 Å². The second kappa shape index (κ2) is 38.5. The van der Waals surface area contributed by atoms with E-state index in [1.54, 1.807) is 0 Å². The zero-order chi connectivity index (χ0) is 0. The first-order chi connectivity index (χ1) is 0. The molecular formula is H10CaO3Sn. The van der Waals surface area contributed by atoms with Crippen LogP contribution in [0.25, 0.3) is 0 Å². The van der Waals surface area contributed by atoms with Crippen molar-refractivity contribution in [2.45, 2.75) is 0 Å². The third-order valence-corrected chi connectivity index (χ3v) is 0. The van der Waals surface area contributed by atoms with Gasteiger partial charge in [0, 0.05) is 0 Å². The Morgan fingerprint density at radius 2 is 0.800 bits per heavy atom. The van der Waals surface area contributed by atoms with Crippen LogP contribution in [0.4, 0.5) is 0 Å². The van der Waals surface area contributed by atoms with E-state index in [1.807, 2.05) is 0 Å². The van der Waals surface area contributed by atoms with E-state index >= 15 is 0 Å². The van der Waals surface area contributed by atoms with E-state index in [4.69, 9.17) is 0 Å². The minimum absolute atomic E-state index is 0. The number of hydrogen-bond donors (Lipinski definition) is 0. The Kier molecular flexibility index (Phi) is 502. The third kappa shape index (κ3) is 24.5. The predicted molar refractivity (Wildman–Crippen MR) is 27.4 cm³/mol. The van der Waals surface area contributed by atoms with Crippen molar-refractivity contribution >= 4 is 61.6 Å². The normalized spacial score (nSPS) is 0. The summed E-state index contributed by atoms with van der Waals surface area (Å²) in [6.07, 6.45) is 0. The molecule has 0 atom stereocenters. The molecule has 0 aliphatic carbocycles. The quantitative estimate of drug-likeness (QED) is 0.375.